The number of nitrogens with one attached hydrogen (secondary N) is 1. The number of nitrogens with zero attached hydrogens (tertiary/aromatic N) is 2. The van der Waals surface area contributed by atoms with E-state index in [9.17, 15) is 0 Å². The molecular weight excluding hydrogens is 198 g/mol. The van der Waals surface area contributed by atoms with Gasteiger partial charge in [0, 0.05) is 24.0 Å². The van der Waals surface area contributed by atoms with E-state index in [0.29, 0.717) is 6.04 Å². The number of aromatic nitrogens is 2. The lowest BCUT2D eigenvalue weighted by atomic mass is 9.94. The summed E-state index contributed by atoms with van der Waals surface area (Å²) in [6, 6.07) is 0.396. The first-order valence-electron chi connectivity index (χ1n) is 6.26. The van der Waals surface area contributed by atoms with Crippen LogP contribution < -0.4 is 5.32 Å². The summed E-state index contributed by atoms with van der Waals surface area (Å²) >= 11 is 0. The van der Waals surface area contributed by atoms with Crippen LogP contribution in [0.5, 0.6) is 0 Å². The van der Waals surface area contributed by atoms with E-state index >= 15 is 0 Å². The molecule has 0 saturated heterocycles. The van der Waals surface area contributed by atoms with Gasteiger partial charge >= 0.3 is 0 Å². The van der Waals surface area contributed by atoms with Gasteiger partial charge in [-0.2, -0.15) is 0 Å². The first-order chi connectivity index (χ1) is 7.77. The predicted molar refractivity (Wildman–Crippen MR) is 67.1 cm³/mol. The van der Waals surface area contributed by atoms with Crippen LogP contribution in [0.25, 0.3) is 0 Å². The molecule has 1 aromatic heterocycles. The molecule has 0 saturated carbocycles. The molecule has 0 fully saturated rings. The third-order valence-corrected chi connectivity index (χ3v) is 2.85. The van der Waals surface area contributed by atoms with Crippen LogP contribution >= 0.6 is 0 Å². The molecule has 1 aromatic rings. The average molecular weight is 221 g/mol. The maximum Gasteiger partial charge on any atom is 0.115 e. The zero-order chi connectivity index (χ0) is 11.8. The summed E-state index contributed by atoms with van der Waals surface area (Å²) < 4.78 is 0. The Morgan fingerprint density at radius 2 is 1.94 bits per heavy atom. The highest BCUT2D eigenvalue weighted by Crippen LogP contribution is 2.22. The topological polar surface area (TPSA) is 37.8 Å². The van der Waals surface area contributed by atoms with Crippen LogP contribution in [-0.2, 0) is 0 Å². The molecule has 0 amide bonds. The second-order valence-electron chi connectivity index (χ2n) is 4.41. The minimum Gasteiger partial charge on any atom is -0.310 e. The van der Waals surface area contributed by atoms with Crippen molar-refractivity contribution in [3.8, 4) is 0 Å². The van der Waals surface area contributed by atoms with Crippen molar-refractivity contribution in [2.75, 3.05) is 6.54 Å². The summed E-state index contributed by atoms with van der Waals surface area (Å²) in [5.74, 6) is 0.745. The standard InChI is InChI=1S/C13H23N3/c1-4-6-11(3)7-13(16-5-2)12-8-14-10-15-9-12/h8-11,13,16H,4-7H2,1-3H3. The molecule has 16 heavy (non-hydrogen) atoms. The van der Waals surface area contributed by atoms with Crippen molar-refractivity contribution < 1.29 is 0 Å². The maximum atomic E-state index is 4.09. The third-order valence-electron chi connectivity index (χ3n) is 2.85. The van der Waals surface area contributed by atoms with Crippen LogP contribution in [0, 0.1) is 5.92 Å². The van der Waals surface area contributed by atoms with Crippen molar-refractivity contribution >= 4 is 0 Å². The number of hydrogen-bond acceptors (Lipinski definition) is 3. The molecule has 90 valence electrons. The lowest BCUT2D eigenvalue weighted by molar-refractivity contribution is 0.394. The van der Waals surface area contributed by atoms with Crippen molar-refractivity contribution in [2.45, 2.75) is 46.1 Å². The van der Waals surface area contributed by atoms with Gasteiger partial charge in [0.2, 0.25) is 0 Å². The van der Waals surface area contributed by atoms with Gasteiger partial charge in [-0.15, -0.1) is 0 Å². The predicted octanol–water partition coefficient (Wildman–Crippen LogP) is 2.95. The van der Waals surface area contributed by atoms with Crippen LogP contribution in [0.3, 0.4) is 0 Å². The Kier molecular flexibility index (Phi) is 6.01. The molecule has 3 heteroatoms. The average Bonchev–Trinajstić information content (AvgIpc) is 2.30. The van der Waals surface area contributed by atoms with Gasteiger partial charge in [0.15, 0.2) is 0 Å². The first-order valence-corrected chi connectivity index (χ1v) is 6.26. The zero-order valence-electron chi connectivity index (χ0n) is 10.6. The van der Waals surface area contributed by atoms with E-state index in [1.165, 1.54) is 18.4 Å². The van der Waals surface area contributed by atoms with Crippen molar-refractivity contribution in [1.29, 1.82) is 0 Å². The Hall–Kier alpha value is -0.960. The molecule has 0 bridgehead atoms. The van der Waals surface area contributed by atoms with Gasteiger partial charge in [0.05, 0.1) is 0 Å². The lowest BCUT2D eigenvalue weighted by Crippen LogP contribution is -2.23. The van der Waals surface area contributed by atoms with E-state index in [2.05, 4.69) is 36.1 Å². The second-order valence-corrected chi connectivity index (χ2v) is 4.41. The number of hydrogen-bond donors (Lipinski definition) is 1. The fourth-order valence-electron chi connectivity index (χ4n) is 2.09. The second kappa shape index (κ2) is 7.34. The van der Waals surface area contributed by atoms with Crippen LogP contribution in [0.2, 0.25) is 0 Å². The van der Waals surface area contributed by atoms with E-state index in [1.807, 2.05) is 12.4 Å². The summed E-state index contributed by atoms with van der Waals surface area (Å²) in [6.45, 7) is 7.68. The number of rotatable bonds is 7. The summed E-state index contributed by atoms with van der Waals surface area (Å²) in [6.07, 6.45) is 9.12. The van der Waals surface area contributed by atoms with Gasteiger partial charge < -0.3 is 5.32 Å². The highest BCUT2D eigenvalue weighted by atomic mass is 14.9. The molecule has 0 aromatic carbocycles. The van der Waals surface area contributed by atoms with Crippen LogP contribution in [0.15, 0.2) is 18.7 Å². The normalized spacial score (nSPS) is 14.7. The smallest absolute Gasteiger partial charge is 0.115 e. The van der Waals surface area contributed by atoms with E-state index in [1.54, 1.807) is 6.33 Å². The summed E-state index contributed by atoms with van der Waals surface area (Å²) in [5, 5.41) is 3.51. The minimum atomic E-state index is 0.396. The molecule has 1 rings (SSSR count). The largest absolute Gasteiger partial charge is 0.310 e. The molecule has 0 aliphatic rings. The highest BCUT2D eigenvalue weighted by Gasteiger charge is 2.14. The third kappa shape index (κ3) is 4.27. The fraction of sp³-hybridized carbons (Fsp3) is 0.692. The van der Waals surface area contributed by atoms with Crippen molar-refractivity contribution in [3.05, 3.63) is 24.3 Å². The zero-order valence-corrected chi connectivity index (χ0v) is 10.6. The summed E-state index contributed by atoms with van der Waals surface area (Å²) in [4.78, 5) is 8.18. The Balaban J connectivity index is 2.60. The monoisotopic (exact) mass is 221 g/mol. The van der Waals surface area contributed by atoms with E-state index in [0.717, 1.165) is 18.9 Å². The molecule has 3 nitrogen and oxygen atoms in total. The van der Waals surface area contributed by atoms with Gasteiger partial charge in [-0.05, 0) is 18.9 Å². The van der Waals surface area contributed by atoms with E-state index in [-0.39, 0.29) is 0 Å². The van der Waals surface area contributed by atoms with Crippen molar-refractivity contribution in [3.63, 3.8) is 0 Å². The van der Waals surface area contributed by atoms with Crippen molar-refractivity contribution in [1.82, 2.24) is 15.3 Å². The molecule has 1 N–H and O–H groups in total. The van der Waals surface area contributed by atoms with Gasteiger partial charge in [-0.3, -0.25) is 0 Å². The van der Waals surface area contributed by atoms with Crippen LogP contribution in [-0.4, -0.2) is 16.5 Å². The molecule has 0 radical (unpaired) electrons. The Labute approximate surface area is 98.7 Å². The van der Waals surface area contributed by atoms with Gasteiger partial charge in [0.1, 0.15) is 6.33 Å². The SMILES string of the molecule is CCCC(C)CC(NCC)c1cncnc1. The quantitative estimate of drug-likeness (QED) is 0.769. The van der Waals surface area contributed by atoms with E-state index in [4.69, 9.17) is 0 Å². The molecular formula is C13H23N3. The first kappa shape index (κ1) is 13.1. The van der Waals surface area contributed by atoms with Gasteiger partial charge in [0.25, 0.3) is 0 Å². The molecule has 1 heterocycles. The molecule has 0 aliphatic heterocycles. The summed E-state index contributed by atoms with van der Waals surface area (Å²) in [7, 11) is 0. The van der Waals surface area contributed by atoms with Crippen LogP contribution in [0.4, 0.5) is 0 Å². The molecule has 2 unspecified atom stereocenters. The van der Waals surface area contributed by atoms with Crippen molar-refractivity contribution in [2.24, 2.45) is 5.92 Å². The maximum absolute atomic E-state index is 4.09. The van der Waals surface area contributed by atoms with Crippen LogP contribution in [0.1, 0.15) is 51.6 Å². The Bertz CT molecular complexity index is 274. The molecule has 0 spiro atoms. The Morgan fingerprint density at radius 1 is 1.25 bits per heavy atom. The molecule has 0 aliphatic carbocycles. The molecule has 2 atom stereocenters. The lowest BCUT2D eigenvalue weighted by Gasteiger charge is -2.21. The highest BCUT2D eigenvalue weighted by molar-refractivity contribution is 5.09. The fourth-order valence-corrected chi connectivity index (χ4v) is 2.09. The van der Waals surface area contributed by atoms with Gasteiger partial charge in [-0.25, -0.2) is 9.97 Å². The minimum absolute atomic E-state index is 0.396. The van der Waals surface area contributed by atoms with E-state index < -0.39 is 0 Å². The Morgan fingerprint density at radius 3 is 2.50 bits per heavy atom. The van der Waals surface area contributed by atoms with Gasteiger partial charge in [-0.1, -0.05) is 33.6 Å². The summed E-state index contributed by atoms with van der Waals surface area (Å²) in [5.41, 5.74) is 1.20.